The Morgan fingerprint density at radius 1 is 1.50 bits per heavy atom. The Hall–Kier alpha value is -1.03. The van der Waals surface area contributed by atoms with Crippen molar-refractivity contribution in [3.63, 3.8) is 0 Å². The molecule has 0 saturated heterocycles. The van der Waals surface area contributed by atoms with E-state index >= 15 is 0 Å². The van der Waals surface area contributed by atoms with Crippen molar-refractivity contribution in [2.24, 2.45) is 0 Å². The van der Waals surface area contributed by atoms with Gasteiger partial charge >= 0.3 is 0 Å². The van der Waals surface area contributed by atoms with E-state index in [2.05, 4.69) is 21.2 Å². The van der Waals surface area contributed by atoms with Gasteiger partial charge in [-0.25, -0.2) is 0 Å². The monoisotopic (exact) mass is 256 g/mol. The summed E-state index contributed by atoms with van der Waals surface area (Å²) in [6.45, 7) is 3.82. The molecule has 0 aromatic heterocycles. The molecule has 0 saturated carbocycles. The number of nitrogen functional groups attached to an aromatic ring is 1. The van der Waals surface area contributed by atoms with Crippen LogP contribution in [0, 0.1) is 0 Å². The zero-order valence-corrected chi connectivity index (χ0v) is 9.76. The molecule has 0 fully saturated rings. The quantitative estimate of drug-likeness (QED) is 0.798. The number of amides is 1. The molecule has 0 radical (unpaired) electrons. The van der Waals surface area contributed by atoms with E-state index in [1.807, 2.05) is 13.8 Å². The third-order valence-corrected chi connectivity index (χ3v) is 2.35. The number of hydrogen-bond acceptors (Lipinski definition) is 2. The summed E-state index contributed by atoms with van der Waals surface area (Å²) in [6, 6.07) is 5.41. The third-order valence-electron chi connectivity index (χ3n) is 1.69. The van der Waals surface area contributed by atoms with Crippen LogP contribution in [0.25, 0.3) is 0 Å². The van der Waals surface area contributed by atoms with Gasteiger partial charge in [-0.05, 0) is 41.9 Å². The van der Waals surface area contributed by atoms with Crippen molar-refractivity contribution in [3.05, 3.63) is 28.2 Å². The minimum absolute atomic E-state index is 0.106. The second-order valence-corrected chi connectivity index (χ2v) is 4.19. The van der Waals surface area contributed by atoms with Crippen molar-refractivity contribution in [2.75, 3.05) is 5.73 Å². The molecule has 0 heterocycles. The molecule has 0 aliphatic carbocycles. The van der Waals surface area contributed by atoms with E-state index in [4.69, 9.17) is 5.73 Å². The van der Waals surface area contributed by atoms with E-state index < -0.39 is 0 Å². The molecule has 76 valence electrons. The molecule has 0 aliphatic rings. The van der Waals surface area contributed by atoms with Crippen LogP contribution in [0.2, 0.25) is 0 Å². The number of halogens is 1. The summed E-state index contributed by atoms with van der Waals surface area (Å²) in [4.78, 5) is 11.7. The molecule has 1 aromatic carbocycles. The first-order valence-electron chi connectivity index (χ1n) is 4.37. The first-order valence-corrected chi connectivity index (χ1v) is 5.16. The van der Waals surface area contributed by atoms with E-state index in [0.717, 1.165) is 4.47 Å². The molecule has 0 unspecified atom stereocenters. The van der Waals surface area contributed by atoms with Crippen LogP contribution >= 0.6 is 15.9 Å². The van der Waals surface area contributed by atoms with Crippen LogP contribution in [0.1, 0.15) is 24.2 Å². The van der Waals surface area contributed by atoms with Gasteiger partial charge in [0.1, 0.15) is 0 Å². The van der Waals surface area contributed by atoms with Gasteiger partial charge in [0.2, 0.25) is 0 Å². The molecule has 0 aliphatic heterocycles. The van der Waals surface area contributed by atoms with E-state index in [1.54, 1.807) is 18.2 Å². The Balaban J connectivity index is 3.00. The fourth-order valence-electron chi connectivity index (χ4n) is 1.11. The van der Waals surface area contributed by atoms with Crippen LogP contribution in [0.3, 0.4) is 0 Å². The summed E-state index contributed by atoms with van der Waals surface area (Å²) in [5.41, 5.74) is 6.69. The molecule has 1 rings (SSSR count). The number of rotatable bonds is 2. The molecule has 4 heteroatoms. The summed E-state index contributed by atoms with van der Waals surface area (Å²) in [6.07, 6.45) is 0. The first-order chi connectivity index (χ1) is 6.52. The largest absolute Gasteiger partial charge is 0.398 e. The lowest BCUT2D eigenvalue weighted by Crippen LogP contribution is -2.30. The highest BCUT2D eigenvalue weighted by Crippen LogP contribution is 2.22. The lowest BCUT2D eigenvalue weighted by atomic mass is 10.1. The first kappa shape index (κ1) is 11.0. The second kappa shape index (κ2) is 4.46. The van der Waals surface area contributed by atoms with E-state index in [1.165, 1.54) is 0 Å². The molecule has 0 bridgehead atoms. The summed E-state index contributed by atoms with van der Waals surface area (Å²) in [7, 11) is 0. The third kappa shape index (κ3) is 2.48. The maximum atomic E-state index is 11.7. The van der Waals surface area contributed by atoms with E-state index in [9.17, 15) is 4.79 Å². The van der Waals surface area contributed by atoms with Crippen molar-refractivity contribution in [2.45, 2.75) is 19.9 Å². The van der Waals surface area contributed by atoms with Crippen LogP contribution in [0.4, 0.5) is 5.69 Å². The number of benzene rings is 1. The lowest BCUT2D eigenvalue weighted by molar-refractivity contribution is 0.0943. The van der Waals surface area contributed by atoms with Gasteiger partial charge in [0.05, 0.1) is 5.56 Å². The summed E-state index contributed by atoms with van der Waals surface area (Å²) < 4.78 is 0.718. The minimum atomic E-state index is -0.148. The molecule has 14 heavy (non-hydrogen) atoms. The number of nitrogens with one attached hydrogen (secondary N) is 1. The van der Waals surface area contributed by atoms with Gasteiger partial charge in [0, 0.05) is 16.2 Å². The minimum Gasteiger partial charge on any atom is -0.398 e. The van der Waals surface area contributed by atoms with Crippen molar-refractivity contribution in [1.82, 2.24) is 5.32 Å². The molecule has 1 amide bonds. The molecule has 0 atom stereocenters. The van der Waals surface area contributed by atoms with Crippen molar-refractivity contribution < 1.29 is 4.79 Å². The summed E-state index contributed by atoms with van der Waals surface area (Å²) in [5.74, 6) is -0.148. The van der Waals surface area contributed by atoms with Gasteiger partial charge in [0.25, 0.3) is 5.91 Å². The average molecular weight is 257 g/mol. The topological polar surface area (TPSA) is 55.1 Å². The van der Waals surface area contributed by atoms with Crippen molar-refractivity contribution >= 4 is 27.5 Å². The van der Waals surface area contributed by atoms with Crippen LogP contribution in [-0.4, -0.2) is 11.9 Å². The van der Waals surface area contributed by atoms with Gasteiger partial charge in [-0.15, -0.1) is 0 Å². The van der Waals surface area contributed by atoms with Crippen molar-refractivity contribution in [1.29, 1.82) is 0 Å². The molecular weight excluding hydrogens is 244 g/mol. The van der Waals surface area contributed by atoms with E-state index in [0.29, 0.717) is 11.3 Å². The average Bonchev–Trinajstić information content (AvgIpc) is 2.01. The second-order valence-electron chi connectivity index (χ2n) is 3.33. The van der Waals surface area contributed by atoms with Gasteiger partial charge in [-0.1, -0.05) is 6.07 Å². The zero-order valence-electron chi connectivity index (χ0n) is 8.17. The molecule has 3 N–H and O–H groups in total. The predicted octanol–water partition coefficient (Wildman–Crippen LogP) is 2.17. The Bertz CT molecular complexity index is 330. The fourth-order valence-corrected chi connectivity index (χ4v) is 1.68. The Morgan fingerprint density at radius 3 is 2.64 bits per heavy atom. The van der Waals surface area contributed by atoms with Gasteiger partial charge in [-0.3, -0.25) is 4.79 Å². The van der Waals surface area contributed by atoms with Gasteiger partial charge in [0.15, 0.2) is 0 Å². The summed E-state index contributed by atoms with van der Waals surface area (Å²) in [5, 5.41) is 2.79. The smallest absolute Gasteiger partial charge is 0.254 e. The van der Waals surface area contributed by atoms with E-state index in [-0.39, 0.29) is 11.9 Å². The molecule has 3 nitrogen and oxygen atoms in total. The van der Waals surface area contributed by atoms with Crippen LogP contribution in [-0.2, 0) is 0 Å². The Labute approximate surface area is 91.8 Å². The highest BCUT2D eigenvalue weighted by molar-refractivity contribution is 9.10. The number of carbonyl (C=O) groups is 1. The van der Waals surface area contributed by atoms with Crippen LogP contribution < -0.4 is 11.1 Å². The molecule has 1 aromatic rings. The number of carbonyl (C=O) groups excluding carboxylic acids is 1. The standard InChI is InChI=1S/C10H13BrN2O/c1-6(2)13-10(14)9-7(11)4-3-5-8(9)12/h3-6H,12H2,1-2H3,(H,13,14). The normalized spacial score (nSPS) is 10.3. The predicted molar refractivity (Wildman–Crippen MR) is 61.2 cm³/mol. The summed E-state index contributed by atoms with van der Waals surface area (Å²) >= 11 is 3.30. The zero-order chi connectivity index (χ0) is 10.7. The highest BCUT2D eigenvalue weighted by atomic mass is 79.9. The SMILES string of the molecule is CC(C)NC(=O)c1c(N)cccc1Br. The lowest BCUT2D eigenvalue weighted by Gasteiger charge is -2.11. The number of anilines is 1. The van der Waals surface area contributed by atoms with Gasteiger partial charge < -0.3 is 11.1 Å². The fraction of sp³-hybridized carbons (Fsp3) is 0.300. The van der Waals surface area contributed by atoms with Crippen LogP contribution in [0.15, 0.2) is 22.7 Å². The maximum absolute atomic E-state index is 11.7. The molecule has 0 spiro atoms. The Kier molecular flexibility index (Phi) is 3.52. The Morgan fingerprint density at radius 2 is 2.14 bits per heavy atom. The van der Waals surface area contributed by atoms with Crippen molar-refractivity contribution in [3.8, 4) is 0 Å². The number of nitrogens with two attached hydrogens (primary N) is 1. The highest BCUT2D eigenvalue weighted by Gasteiger charge is 2.13. The molecular formula is C10H13BrN2O. The van der Waals surface area contributed by atoms with Gasteiger partial charge in [-0.2, -0.15) is 0 Å². The maximum Gasteiger partial charge on any atom is 0.254 e. The van der Waals surface area contributed by atoms with Crippen LogP contribution in [0.5, 0.6) is 0 Å². The number of hydrogen-bond donors (Lipinski definition) is 2.